The summed E-state index contributed by atoms with van der Waals surface area (Å²) in [6.45, 7) is 7.49. The third kappa shape index (κ3) is 5.07. The molecule has 0 saturated carbocycles. The van der Waals surface area contributed by atoms with E-state index in [9.17, 15) is 4.79 Å². The Morgan fingerprint density at radius 2 is 2.11 bits per heavy atom. The summed E-state index contributed by atoms with van der Waals surface area (Å²) in [6.07, 6.45) is 3.20. The highest BCUT2D eigenvalue weighted by molar-refractivity contribution is 5.86. The van der Waals surface area contributed by atoms with E-state index in [0.29, 0.717) is 5.92 Å². The second-order valence-corrected chi connectivity index (χ2v) is 5.17. The van der Waals surface area contributed by atoms with Gasteiger partial charge in [-0.25, -0.2) is 4.79 Å². The first-order chi connectivity index (χ1) is 9.08. The first-order valence-electron chi connectivity index (χ1n) is 6.99. The molecule has 4 nitrogen and oxygen atoms in total. The van der Waals surface area contributed by atoms with Crippen LogP contribution in [0.25, 0.3) is 0 Å². The molecule has 108 valence electrons. The van der Waals surface area contributed by atoms with Crippen molar-refractivity contribution in [2.24, 2.45) is 5.92 Å². The van der Waals surface area contributed by atoms with Crippen LogP contribution in [0.15, 0.2) is 16.5 Å². The van der Waals surface area contributed by atoms with Crippen LogP contribution in [-0.4, -0.2) is 19.6 Å². The topological polar surface area (TPSA) is 51.5 Å². The highest BCUT2D eigenvalue weighted by atomic mass is 16.5. The number of rotatable bonds is 8. The maximum absolute atomic E-state index is 11.4. The van der Waals surface area contributed by atoms with Crippen molar-refractivity contribution in [1.82, 2.24) is 5.32 Å². The monoisotopic (exact) mass is 267 g/mol. The number of ether oxygens (including phenoxy) is 1. The number of nitrogens with one attached hydrogen (secondary N) is 1. The molecule has 1 rings (SSSR count). The molecular formula is C15H25NO3. The van der Waals surface area contributed by atoms with Gasteiger partial charge >= 0.3 is 5.97 Å². The molecule has 1 aromatic rings. The summed E-state index contributed by atoms with van der Waals surface area (Å²) < 4.78 is 10.2. The minimum atomic E-state index is -0.427. The maximum Gasteiger partial charge on any atom is 0.373 e. The summed E-state index contributed by atoms with van der Waals surface area (Å²) in [5, 5.41) is 3.47. The first-order valence-corrected chi connectivity index (χ1v) is 6.99. The molecule has 19 heavy (non-hydrogen) atoms. The second kappa shape index (κ2) is 8.00. The zero-order chi connectivity index (χ0) is 14.3. The Balaban J connectivity index is 2.72. The Hall–Kier alpha value is -1.29. The van der Waals surface area contributed by atoms with Crippen LogP contribution < -0.4 is 5.32 Å². The average molecular weight is 267 g/mol. The number of carbonyl (C=O) groups excluding carboxylic acids is 1. The molecule has 0 fully saturated rings. The molecule has 1 N–H and O–H groups in total. The van der Waals surface area contributed by atoms with Crippen LogP contribution in [0.2, 0.25) is 0 Å². The van der Waals surface area contributed by atoms with E-state index >= 15 is 0 Å². The summed E-state index contributed by atoms with van der Waals surface area (Å²) >= 11 is 0. The van der Waals surface area contributed by atoms with Crippen LogP contribution in [-0.2, 0) is 4.74 Å². The average Bonchev–Trinajstić information content (AvgIpc) is 2.87. The Morgan fingerprint density at radius 1 is 1.37 bits per heavy atom. The predicted octanol–water partition coefficient (Wildman–Crippen LogP) is 3.54. The lowest BCUT2D eigenvalue weighted by atomic mass is 10.0. The van der Waals surface area contributed by atoms with Crippen LogP contribution in [0.3, 0.4) is 0 Å². The van der Waals surface area contributed by atoms with Gasteiger partial charge in [0, 0.05) is 0 Å². The Bertz CT molecular complexity index is 384. The van der Waals surface area contributed by atoms with E-state index in [4.69, 9.17) is 4.42 Å². The highest BCUT2D eigenvalue weighted by Gasteiger charge is 2.18. The van der Waals surface area contributed by atoms with Gasteiger partial charge in [-0.15, -0.1) is 0 Å². The summed E-state index contributed by atoms with van der Waals surface area (Å²) in [7, 11) is 1.36. The summed E-state index contributed by atoms with van der Waals surface area (Å²) in [4.78, 5) is 11.4. The van der Waals surface area contributed by atoms with Crippen LogP contribution in [0.4, 0.5) is 0 Å². The van der Waals surface area contributed by atoms with Crippen molar-refractivity contribution in [1.29, 1.82) is 0 Å². The predicted molar refractivity (Wildman–Crippen MR) is 75.2 cm³/mol. The molecule has 0 bridgehead atoms. The van der Waals surface area contributed by atoms with Gasteiger partial charge in [-0.2, -0.15) is 0 Å². The van der Waals surface area contributed by atoms with Crippen molar-refractivity contribution < 1.29 is 13.9 Å². The fourth-order valence-electron chi connectivity index (χ4n) is 1.91. The zero-order valence-electron chi connectivity index (χ0n) is 12.4. The Kier molecular flexibility index (Phi) is 6.64. The lowest BCUT2D eigenvalue weighted by Gasteiger charge is -2.17. The Morgan fingerprint density at radius 3 is 2.68 bits per heavy atom. The van der Waals surface area contributed by atoms with Crippen LogP contribution in [0, 0.1) is 5.92 Å². The molecule has 0 radical (unpaired) electrons. The molecule has 4 heteroatoms. The van der Waals surface area contributed by atoms with Crippen LogP contribution in [0.5, 0.6) is 0 Å². The number of hydrogen-bond acceptors (Lipinski definition) is 4. The van der Waals surface area contributed by atoms with Crippen molar-refractivity contribution in [3.8, 4) is 0 Å². The molecule has 1 aromatic heterocycles. The molecule has 1 unspecified atom stereocenters. The summed E-state index contributed by atoms with van der Waals surface area (Å²) in [5.41, 5.74) is 0. The van der Waals surface area contributed by atoms with Gasteiger partial charge in [0.05, 0.1) is 13.2 Å². The first kappa shape index (κ1) is 15.8. The molecule has 0 aromatic carbocycles. The van der Waals surface area contributed by atoms with Crippen molar-refractivity contribution in [3.63, 3.8) is 0 Å². The lowest BCUT2D eigenvalue weighted by Crippen LogP contribution is -2.22. The molecule has 0 aliphatic carbocycles. The van der Waals surface area contributed by atoms with E-state index in [-0.39, 0.29) is 11.8 Å². The quantitative estimate of drug-likeness (QED) is 0.732. The summed E-state index contributed by atoms with van der Waals surface area (Å²) in [6, 6.07) is 3.71. The molecule has 1 heterocycles. The molecule has 0 amide bonds. The molecular weight excluding hydrogens is 242 g/mol. The van der Waals surface area contributed by atoms with Crippen molar-refractivity contribution >= 4 is 5.97 Å². The number of carbonyl (C=O) groups is 1. The number of esters is 1. The van der Waals surface area contributed by atoms with Gasteiger partial charge in [0.15, 0.2) is 0 Å². The molecule has 0 aliphatic heterocycles. The summed E-state index contributed by atoms with van der Waals surface area (Å²) in [5.74, 6) is 1.31. The van der Waals surface area contributed by atoms with Crippen molar-refractivity contribution in [2.45, 2.75) is 46.1 Å². The third-order valence-electron chi connectivity index (χ3n) is 3.03. The van der Waals surface area contributed by atoms with Gasteiger partial charge < -0.3 is 14.5 Å². The smallest absolute Gasteiger partial charge is 0.373 e. The lowest BCUT2D eigenvalue weighted by molar-refractivity contribution is 0.0561. The van der Waals surface area contributed by atoms with E-state index in [1.807, 2.05) is 6.07 Å². The van der Waals surface area contributed by atoms with Crippen molar-refractivity contribution in [3.05, 3.63) is 23.7 Å². The van der Waals surface area contributed by atoms with Gasteiger partial charge in [-0.1, -0.05) is 20.8 Å². The maximum atomic E-state index is 11.4. The minimum absolute atomic E-state index is 0.167. The van der Waals surface area contributed by atoms with E-state index in [1.165, 1.54) is 7.11 Å². The normalized spacial score (nSPS) is 12.7. The van der Waals surface area contributed by atoms with Gasteiger partial charge in [-0.3, -0.25) is 0 Å². The SMILES string of the molecule is CCCNC(CCC(C)C)c1ccc(C(=O)OC)o1. The van der Waals surface area contributed by atoms with E-state index in [2.05, 4.69) is 30.8 Å². The van der Waals surface area contributed by atoms with Gasteiger partial charge in [0.1, 0.15) is 5.76 Å². The van der Waals surface area contributed by atoms with E-state index in [0.717, 1.165) is 31.6 Å². The molecule has 0 spiro atoms. The fourth-order valence-corrected chi connectivity index (χ4v) is 1.91. The van der Waals surface area contributed by atoms with Crippen molar-refractivity contribution in [2.75, 3.05) is 13.7 Å². The second-order valence-electron chi connectivity index (χ2n) is 5.17. The number of hydrogen-bond donors (Lipinski definition) is 1. The largest absolute Gasteiger partial charge is 0.463 e. The molecule has 0 saturated heterocycles. The minimum Gasteiger partial charge on any atom is -0.463 e. The van der Waals surface area contributed by atoms with E-state index in [1.54, 1.807) is 6.07 Å². The fraction of sp³-hybridized carbons (Fsp3) is 0.667. The van der Waals surface area contributed by atoms with Gasteiger partial charge in [0.25, 0.3) is 0 Å². The number of furan rings is 1. The standard InChI is InChI=1S/C15H25NO3/c1-5-10-16-12(7-6-11(2)3)13-8-9-14(19-13)15(17)18-4/h8-9,11-12,16H,5-7,10H2,1-4H3. The molecule has 1 atom stereocenters. The Labute approximate surface area is 115 Å². The third-order valence-corrected chi connectivity index (χ3v) is 3.03. The molecule has 0 aliphatic rings. The highest BCUT2D eigenvalue weighted by Crippen LogP contribution is 2.23. The van der Waals surface area contributed by atoms with Gasteiger partial charge in [0.2, 0.25) is 5.76 Å². The number of methoxy groups -OCH3 is 1. The van der Waals surface area contributed by atoms with Gasteiger partial charge in [-0.05, 0) is 43.9 Å². The van der Waals surface area contributed by atoms with E-state index < -0.39 is 5.97 Å². The van der Waals surface area contributed by atoms with Crippen LogP contribution >= 0.6 is 0 Å². The zero-order valence-corrected chi connectivity index (χ0v) is 12.4. The van der Waals surface area contributed by atoms with Crippen LogP contribution in [0.1, 0.15) is 62.4 Å².